The zero-order chi connectivity index (χ0) is 16.4. The lowest BCUT2D eigenvalue weighted by Crippen LogP contribution is -2.30. The third-order valence-corrected chi connectivity index (χ3v) is 3.84. The monoisotopic (exact) mass is 350 g/mol. The zero-order valence-electron chi connectivity index (χ0n) is 12.5. The van der Waals surface area contributed by atoms with Crippen molar-refractivity contribution in [2.24, 2.45) is 0 Å². The van der Waals surface area contributed by atoms with E-state index < -0.39 is 5.60 Å². The minimum atomic E-state index is -0.885. The number of nitrogens with one attached hydrogen (secondary N) is 2. The van der Waals surface area contributed by atoms with Gasteiger partial charge in [-0.25, -0.2) is 0 Å². The van der Waals surface area contributed by atoms with E-state index in [0.29, 0.717) is 18.4 Å². The topological polar surface area (TPSA) is 95.8 Å². The molecule has 0 fully saturated rings. The predicted molar refractivity (Wildman–Crippen MR) is 92.5 cm³/mol. The highest BCUT2D eigenvalue weighted by Crippen LogP contribution is 2.24. The number of hydrogen-bond acceptors (Lipinski definition) is 8. The summed E-state index contributed by atoms with van der Waals surface area (Å²) in [6.07, 6.45) is 1.81. The van der Waals surface area contributed by atoms with Gasteiger partial charge in [-0.3, -0.25) is 0 Å². The van der Waals surface area contributed by atoms with E-state index in [0.717, 1.165) is 15.8 Å². The van der Waals surface area contributed by atoms with Gasteiger partial charge >= 0.3 is 0 Å². The molecule has 0 aliphatic heterocycles. The summed E-state index contributed by atoms with van der Waals surface area (Å²) in [4.78, 5) is 12.3. The molecule has 1 aromatic carbocycles. The fraction of sp³-hybridized carbons (Fsp3) is 0.286. The Hall–Kier alpha value is -2.03. The lowest BCUT2D eigenvalue weighted by molar-refractivity contribution is 0.0943. The Morgan fingerprint density at radius 2 is 2.00 bits per heavy atom. The number of benzene rings is 1. The Kier molecular flexibility index (Phi) is 4.29. The highest BCUT2D eigenvalue weighted by molar-refractivity contribution is 7.13. The molecule has 0 amide bonds. The molecule has 0 saturated carbocycles. The summed E-state index contributed by atoms with van der Waals surface area (Å²) in [5, 5.41) is 16.9. The van der Waals surface area contributed by atoms with Crippen molar-refractivity contribution in [2.45, 2.75) is 19.4 Å². The summed E-state index contributed by atoms with van der Waals surface area (Å²) in [6.45, 7) is 3.66. The highest BCUT2D eigenvalue weighted by atomic mass is 35.5. The molecule has 0 unspecified atom stereocenters. The van der Waals surface area contributed by atoms with Crippen LogP contribution in [0.3, 0.4) is 0 Å². The molecule has 2 aromatic heterocycles. The van der Waals surface area contributed by atoms with E-state index in [4.69, 9.17) is 11.6 Å². The second kappa shape index (κ2) is 6.23. The summed E-state index contributed by atoms with van der Waals surface area (Å²) in [7, 11) is 0. The number of halogens is 1. The lowest BCUT2D eigenvalue weighted by Gasteiger charge is -2.17. The van der Waals surface area contributed by atoms with Crippen molar-refractivity contribution in [1.29, 1.82) is 0 Å². The van der Waals surface area contributed by atoms with Gasteiger partial charge in [-0.15, -0.1) is 0 Å². The van der Waals surface area contributed by atoms with Crippen molar-refractivity contribution < 1.29 is 5.11 Å². The molecule has 9 heteroatoms. The van der Waals surface area contributed by atoms with Crippen LogP contribution in [0.5, 0.6) is 0 Å². The third-order valence-electron chi connectivity index (χ3n) is 2.90. The molecule has 120 valence electrons. The van der Waals surface area contributed by atoms with Crippen LogP contribution in [-0.4, -0.2) is 36.6 Å². The highest BCUT2D eigenvalue weighted by Gasteiger charge is 2.13. The van der Waals surface area contributed by atoms with Gasteiger partial charge in [-0.2, -0.15) is 19.3 Å². The molecule has 3 N–H and O–H groups in total. The molecule has 3 rings (SSSR count). The van der Waals surface area contributed by atoms with Crippen LogP contribution < -0.4 is 10.6 Å². The van der Waals surface area contributed by atoms with Gasteiger partial charge in [0.15, 0.2) is 0 Å². The van der Waals surface area contributed by atoms with Crippen molar-refractivity contribution in [3.8, 4) is 0 Å². The van der Waals surface area contributed by atoms with Gasteiger partial charge in [-0.1, -0.05) is 0 Å². The average molecular weight is 351 g/mol. The first-order chi connectivity index (χ1) is 10.9. The molecule has 0 spiro atoms. The Morgan fingerprint density at radius 1 is 1.22 bits per heavy atom. The quantitative estimate of drug-likeness (QED) is 0.650. The predicted octanol–water partition coefficient (Wildman–Crippen LogP) is 3.06. The van der Waals surface area contributed by atoms with Gasteiger partial charge in [0.25, 0.3) is 0 Å². The minimum absolute atomic E-state index is 0.0685. The number of anilines is 3. The van der Waals surface area contributed by atoms with Gasteiger partial charge in [0.2, 0.25) is 17.2 Å². The largest absolute Gasteiger partial charge is 0.389 e. The van der Waals surface area contributed by atoms with Gasteiger partial charge < -0.3 is 15.7 Å². The summed E-state index contributed by atoms with van der Waals surface area (Å²) in [6, 6.07) is 5.86. The van der Waals surface area contributed by atoms with E-state index in [1.165, 1.54) is 11.5 Å². The molecule has 0 atom stereocenters. The smallest absolute Gasteiger partial charge is 0.233 e. The molecule has 23 heavy (non-hydrogen) atoms. The molecule has 7 nitrogen and oxygen atoms in total. The number of hydrogen-bond donors (Lipinski definition) is 3. The van der Waals surface area contributed by atoms with Crippen molar-refractivity contribution in [3.05, 3.63) is 29.7 Å². The fourth-order valence-corrected chi connectivity index (χ4v) is 2.65. The number of rotatable bonds is 5. The van der Waals surface area contributed by atoms with Crippen LogP contribution >= 0.6 is 23.1 Å². The van der Waals surface area contributed by atoms with Crippen LogP contribution in [0.25, 0.3) is 10.1 Å². The Balaban J connectivity index is 1.80. The van der Waals surface area contributed by atoms with Gasteiger partial charge in [0.05, 0.1) is 10.3 Å². The standard InChI is InChI=1S/C14H15ClN6OS/c1-14(2,22)7-16-12-19-11(15)20-13(21-12)18-9-3-4-10-8(5-9)6-17-23-10/h3-6,22H,7H2,1-2H3,(H2,16,18,19,20,21). The van der Waals surface area contributed by atoms with Gasteiger partial charge in [-0.05, 0) is 55.2 Å². The Morgan fingerprint density at radius 3 is 2.78 bits per heavy atom. The van der Waals surface area contributed by atoms with Crippen molar-refractivity contribution in [1.82, 2.24) is 19.3 Å². The second-order valence-corrected chi connectivity index (χ2v) is 6.79. The maximum Gasteiger partial charge on any atom is 0.233 e. The summed E-state index contributed by atoms with van der Waals surface area (Å²) >= 11 is 7.37. The molecule has 0 aliphatic carbocycles. The summed E-state index contributed by atoms with van der Waals surface area (Å²) in [5.74, 6) is 0.624. The lowest BCUT2D eigenvalue weighted by atomic mass is 10.1. The van der Waals surface area contributed by atoms with Crippen LogP contribution in [0.4, 0.5) is 17.6 Å². The molecule has 3 aromatic rings. The van der Waals surface area contributed by atoms with Crippen LogP contribution in [0.1, 0.15) is 13.8 Å². The van der Waals surface area contributed by atoms with Crippen molar-refractivity contribution in [3.63, 3.8) is 0 Å². The Bertz CT molecular complexity index is 831. The third kappa shape index (κ3) is 4.25. The average Bonchev–Trinajstić information content (AvgIpc) is 2.91. The van der Waals surface area contributed by atoms with E-state index >= 15 is 0 Å². The number of nitrogens with zero attached hydrogens (tertiary/aromatic N) is 4. The van der Waals surface area contributed by atoms with Crippen LogP contribution in [0.2, 0.25) is 5.28 Å². The molecule has 0 aliphatic rings. The van der Waals surface area contributed by atoms with Crippen molar-refractivity contribution in [2.75, 3.05) is 17.2 Å². The van der Waals surface area contributed by atoms with Gasteiger partial charge in [0, 0.05) is 23.8 Å². The van der Waals surface area contributed by atoms with Crippen LogP contribution in [0.15, 0.2) is 24.4 Å². The van der Waals surface area contributed by atoms with E-state index in [9.17, 15) is 5.11 Å². The number of aliphatic hydroxyl groups is 1. The Labute approximate surface area is 141 Å². The molecule has 0 saturated heterocycles. The number of fused-ring (bicyclic) bond motifs is 1. The van der Waals surface area contributed by atoms with Crippen LogP contribution in [-0.2, 0) is 0 Å². The van der Waals surface area contributed by atoms with E-state index in [-0.39, 0.29) is 5.28 Å². The first kappa shape index (κ1) is 15.9. The first-order valence-corrected chi connectivity index (χ1v) is 8.03. The van der Waals surface area contributed by atoms with Crippen LogP contribution in [0, 0.1) is 0 Å². The second-order valence-electron chi connectivity index (χ2n) is 5.62. The first-order valence-electron chi connectivity index (χ1n) is 6.88. The maximum atomic E-state index is 9.75. The summed E-state index contributed by atoms with van der Waals surface area (Å²) < 4.78 is 5.25. The molecule has 0 bridgehead atoms. The normalized spacial score (nSPS) is 11.7. The maximum absolute atomic E-state index is 9.75. The van der Waals surface area contributed by atoms with E-state index in [1.807, 2.05) is 24.4 Å². The minimum Gasteiger partial charge on any atom is -0.389 e. The molecule has 0 radical (unpaired) electrons. The molecular weight excluding hydrogens is 336 g/mol. The number of aromatic nitrogens is 4. The molecular formula is C14H15ClN6OS. The SMILES string of the molecule is CC(C)(O)CNc1nc(Cl)nc(Nc2ccc3sncc3c2)n1. The fourth-order valence-electron chi connectivity index (χ4n) is 1.86. The summed E-state index contributed by atoms with van der Waals surface area (Å²) in [5.41, 5.74) is -0.0580. The van der Waals surface area contributed by atoms with E-state index in [1.54, 1.807) is 13.8 Å². The van der Waals surface area contributed by atoms with E-state index in [2.05, 4.69) is 30.0 Å². The van der Waals surface area contributed by atoms with Crippen molar-refractivity contribution >= 4 is 50.8 Å². The molecule has 2 heterocycles. The zero-order valence-corrected chi connectivity index (χ0v) is 14.1. The van der Waals surface area contributed by atoms with Gasteiger partial charge in [0.1, 0.15) is 0 Å².